The maximum atomic E-state index is 11.5. The zero-order chi connectivity index (χ0) is 24.2. The predicted molar refractivity (Wildman–Crippen MR) is 138 cm³/mol. The summed E-state index contributed by atoms with van der Waals surface area (Å²) in [7, 11) is 0. The molecule has 9 atom stereocenters. The third-order valence-electron chi connectivity index (χ3n) is 12.7. The normalized spacial score (nSPS) is 47.4. The SMILES string of the molecule is CC(C)CCC[C@@H](C)[C@H]1CC[C@@]2(C)[C@@H]3CC[C@H]4C(C)(C)CCC(OC=O)[C@]4(C)[C@H]3CC[C@]12C. The molecule has 0 radical (unpaired) electrons. The van der Waals surface area contributed by atoms with Crippen LogP contribution in [0.5, 0.6) is 0 Å². The smallest absolute Gasteiger partial charge is 0.293 e. The minimum Gasteiger partial charge on any atom is -0.464 e. The molecule has 33 heavy (non-hydrogen) atoms. The van der Waals surface area contributed by atoms with Gasteiger partial charge in [-0.1, -0.05) is 74.7 Å². The van der Waals surface area contributed by atoms with E-state index in [2.05, 4.69) is 55.4 Å². The van der Waals surface area contributed by atoms with Crippen LogP contribution in [0.4, 0.5) is 0 Å². The Hall–Kier alpha value is -0.530. The van der Waals surface area contributed by atoms with Gasteiger partial charge in [-0.3, -0.25) is 4.79 Å². The molecule has 4 saturated carbocycles. The first kappa shape index (κ1) is 25.6. The third-order valence-corrected chi connectivity index (χ3v) is 12.7. The Balaban J connectivity index is 1.60. The summed E-state index contributed by atoms with van der Waals surface area (Å²) >= 11 is 0. The summed E-state index contributed by atoms with van der Waals surface area (Å²) in [5.41, 5.74) is 1.40. The maximum absolute atomic E-state index is 11.5. The fraction of sp³-hybridized carbons (Fsp3) is 0.968. The van der Waals surface area contributed by atoms with E-state index in [1.54, 1.807) is 0 Å². The van der Waals surface area contributed by atoms with Crippen LogP contribution in [0.3, 0.4) is 0 Å². The number of rotatable bonds is 7. The molecular weight excluding hydrogens is 404 g/mol. The van der Waals surface area contributed by atoms with Crippen molar-refractivity contribution in [2.24, 2.45) is 57.2 Å². The van der Waals surface area contributed by atoms with Crippen LogP contribution in [0, 0.1) is 57.2 Å². The molecule has 0 spiro atoms. The van der Waals surface area contributed by atoms with Crippen molar-refractivity contribution in [1.82, 2.24) is 0 Å². The molecule has 190 valence electrons. The molecule has 0 aromatic rings. The largest absolute Gasteiger partial charge is 0.464 e. The first-order valence-electron chi connectivity index (χ1n) is 14.5. The molecule has 4 aliphatic carbocycles. The quantitative estimate of drug-likeness (QED) is 0.357. The van der Waals surface area contributed by atoms with Crippen LogP contribution < -0.4 is 0 Å². The van der Waals surface area contributed by atoms with Gasteiger partial charge in [0.2, 0.25) is 0 Å². The minimum absolute atomic E-state index is 0.112. The molecule has 0 aromatic carbocycles. The van der Waals surface area contributed by atoms with Crippen LogP contribution in [0.2, 0.25) is 0 Å². The van der Waals surface area contributed by atoms with E-state index in [0.29, 0.717) is 28.1 Å². The second-order valence-corrected chi connectivity index (χ2v) is 14.8. The first-order valence-corrected chi connectivity index (χ1v) is 14.5. The molecule has 0 amide bonds. The predicted octanol–water partition coefficient (Wildman–Crippen LogP) is 8.68. The lowest BCUT2D eigenvalue weighted by Crippen LogP contribution is -2.63. The molecule has 0 heterocycles. The molecule has 0 aromatic heterocycles. The van der Waals surface area contributed by atoms with Crippen LogP contribution in [-0.2, 0) is 9.53 Å². The van der Waals surface area contributed by atoms with E-state index < -0.39 is 0 Å². The van der Waals surface area contributed by atoms with Crippen molar-refractivity contribution in [3.05, 3.63) is 0 Å². The molecular formula is C31H54O2. The van der Waals surface area contributed by atoms with Gasteiger partial charge >= 0.3 is 0 Å². The van der Waals surface area contributed by atoms with Crippen LogP contribution in [0.1, 0.15) is 126 Å². The highest BCUT2D eigenvalue weighted by Gasteiger charge is 2.68. The Morgan fingerprint density at radius 1 is 0.818 bits per heavy atom. The van der Waals surface area contributed by atoms with Gasteiger partial charge in [0, 0.05) is 5.41 Å². The molecule has 0 aliphatic heterocycles. The van der Waals surface area contributed by atoms with Gasteiger partial charge in [-0.25, -0.2) is 0 Å². The molecule has 4 fully saturated rings. The Morgan fingerprint density at radius 2 is 1.52 bits per heavy atom. The molecule has 4 rings (SSSR count). The number of carbonyl (C=O) groups excluding carboxylic acids is 1. The summed E-state index contributed by atoms with van der Waals surface area (Å²) in [4.78, 5) is 11.5. The van der Waals surface area contributed by atoms with Gasteiger partial charge in [-0.05, 0) is 103 Å². The van der Waals surface area contributed by atoms with E-state index in [0.717, 1.165) is 36.6 Å². The van der Waals surface area contributed by atoms with Crippen molar-refractivity contribution in [2.75, 3.05) is 0 Å². The molecule has 0 N–H and O–H groups in total. The van der Waals surface area contributed by atoms with Gasteiger partial charge in [0.25, 0.3) is 6.47 Å². The van der Waals surface area contributed by atoms with Crippen molar-refractivity contribution >= 4 is 6.47 Å². The van der Waals surface area contributed by atoms with Gasteiger partial charge in [0.15, 0.2) is 0 Å². The van der Waals surface area contributed by atoms with Gasteiger partial charge in [-0.2, -0.15) is 0 Å². The lowest BCUT2D eigenvalue weighted by Gasteiger charge is -2.68. The minimum atomic E-state index is 0.112. The lowest BCUT2D eigenvalue weighted by atomic mass is 9.37. The second kappa shape index (κ2) is 8.85. The Kier molecular flexibility index (Phi) is 6.85. The number of carbonyl (C=O) groups is 1. The van der Waals surface area contributed by atoms with E-state index >= 15 is 0 Å². The number of ether oxygens (including phenoxy) is 1. The van der Waals surface area contributed by atoms with Crippen molar-refractivity contribution in [1.29, 1.82) is 0 Å². The Bertz CT molecular complexity index is 712. The van der Waals surface area contributed by atoms with Gasteiger partial charge in [0.1, 0.15) is 6.10 Å². The van der Waals surface area contributed by atoms with E-state index in [4.69, 9.17) is 4.74 Å². The average Bonchev–Trinajstić information content (AvgIpc) is 3.01. The van der Waals surface area contributed by atoms with Gasteiger partial charge in [-0.15, -0.1) is 0 Å². The molecule has 2 heteroatoms. The highest BCUT2D eigenvalue weighted by molar-refractivity contribution is 5.38. The number of hydrogen-bond acceptors (Lipinski definition) is 2. The van der Waals surface area contributed by atoms with Crippen LogP contribution >= 0.6 is 0 Å². The summed E-state index contributed by atoms with van der Waals surface area (Å²) in [6.45, 7) is 21.0. The third kappa shape index (κ3) is 3.83. The van der Waals surface area contributed by atoms with Gasteiger partial charge < -0.3 is 4.74 Å². The second-order valence-electron chi connectivity index (χ2n) is 14.8. The van der Waals surface area contributed by atoms with Crippen LogP contribution in [0.25, 0.3) is 0 Å². The molecule has 2 nitrogen and oxygen atoms in total. The summed E-state index contributed by atoms with van der Waals surface area (Å²) in [6.07, 6.45) is 14.8. The number of fused-ring (bicyclic) bond motifs is 5. The summed E-state index contributed by atoms with van der Waals surface area (Å²) in [6, 6.07) is 0. The van der Waals surface area contributed by atoms with Gasteiger partial charge in [0.05, 0.1) is 0 Å². The maximum Gasteiger partial charge on any atom is 0.293 e. The lowest BCUT2D eigenvalue weighted by molar-refractivity contribution is -0.222. The van der Waals surface area contributed by atoms with E-state index in [1.807, 2.05) is 0 Å². The fourth-order valence-electron chi connectivity index (χ4n) is 10.8. The first-order chi connectivity index (χ1) is 15.4. The molecule has 0 bridgehead atoms. The molecule has 4 aliphatic rings. The average molecular weight is 459 g/mol. The monoisotopic (exact) mass is 458 g/mol. The zero-order valence-corrected chi connectivity index (χ0v) is 23.2. The van der Waals surface area contributed by atoms with Crippen molar-refractivity contribution in [3.8, 4) is 0 Å². The van der Waals surface area contributed by atoms with Crippen molar-refractivity contribution < 1.29 is 9.53 Å². The van der Waals surface area contributed by atoms with E-state index in [1.165, 1.54) is 64.2 Å². The van der Waals surface area contributed by atoms with E-state index in [9.17, 15) is 4.79 Å². The summed E-state index contributed by atoms with van der Waals surface area (Å²) in [5.74, 6) is 4.72. The fourth-order valence-corrected chi connectivity index (χ4v) is 10.8. The van der Waals surface area contributed by atoms with E-state index in [-0.39, 0.29) is 11.5 Å². The molecule has 1 unspecified atom stereocenters. The van der Waals surface area contributed by atoms with Crippen LogP contribution in [0.15, 0.2) is 0 Å². The van der Waals surface area contributed by atoms with Crippen molar-refractivity contribution in [3.63, 3.8) is 0 Å². The summed E-state index contributed by atoms with van der Waals surface area (Å²) < 4.78 is 5.91. The highest BCUT2D eigenvalue weighted by atomic mass is 16.5. The Morgan fingerprint density at radius 3 is 2.18 bits per heavy atom. The standard InChI is InChI=1S/C31H54O2/c1-21(2)10-9-11-22(3)23-14-18-30(7)24-12-13-26-28(4,5)17-16-27(33-20-32)31(26,8)25(24)15-19-29(23,30)6/h20-27H,9-19H2,1-8H3/t22-,23-,24-,25+,26+,27?,29-,30+,31-/m1/s1. The number of hydrogen-bond donors (Lipinski definition) is 0. The van der Waals surface area contributed by atoms with Crippen LogP contribution in [-0.4, -0.2) is 12.6 Å². The topological polar surface area (TPSA) is 26.3 Å². The summed E-state index contributed by atoms with van der Waals surface area (Å²) in [5, 5.41) is 0. The molecule has 0 saturated heterocycles. The Labute approximate surface area is 205 Å². The highest BCUT2D eigenvalue weighted by Crippen LogP contribution is 2.74. The van der Waals surface area contributed by atoms with Crippen molar-refractivity contribution in [2.45, 2.75) is 132 Å². The zero-order valence-electron chi connectivity index (χ0n) is 23.2.